The summed E-state index contributed by atoms with van der Waals surface area (Å²) in [6.07, 6.45) is 37.4. The van der Waals surface area contributed by atoms with Crippen molar-refractivity contribution in [2.75, 3.05) is 0 Å². The van der Waals surface area contributed by atoms with Crippen LogP contribution in [0.3, 0.4) is 0 Å². The van der Waals surface area contributed by atoms with E-state index in [1.54, 1.807) is 0 Å². The fraction of sp³-hybridized carbons (Fsp3) is 0.651. The fourth-order valence-electron chi connectivity index (χ4n) is 7.38. The van der Waals surface area contributed by atoms with Gasteiger partial charge in [0.05, 0.1) is 6.54 Å². The minimum Gasteiger partial charge on any atom is -0.237 e. The number of unbranched alkanes of at least 4 members (excludes halogenated alkanes) is 18. The van der Waals surface area contributed by atoms with E-state index in [1.165, 1.54) is 146 Å². The molecule has 0 saturated carbocycles. The molecule has 0 saturated heterocycles. The summed E-state index contributed by atoms with van der Waals surface area (Å²) in [5.41, 5.74) is 2.89. The van der Waals surface area contributed by atoms with Gasteiger partial charge in [-0.25, -0.2) is 9.13 Å². The lowest BCUT2D eigenvalue weighted by Crippen LogP contribution is -2.38. The van der Waals surface area contributed by atoms with Gasteiger partial charge in [0.25, 0.3) is 0 Å². The second-order valence-corrected chi connectivity index (χ2v) is 14.2. The zero-order chi connectivity index (χ0) is 31.8. The van der Waals surface area contributed by atoms with E-state index in [2.05, 4.69) is 109 Å². The molecule has 3 rings (SSSR count). The first kappa shape index (κ1) is 37.1. The van der Waals surface area contributed by atoms with Crippen molar-refractivity contribution in [3.8, 4) is 0 Å². The number of aromatic nitrogens is 2. The van der Waals surface area contributed by atoms with Gasteiger partial charge in [0.15, 0.2) is 0 Å². The lowest BCUT2D eigenvalue weighted by atomic mass is 9.70. The smallest absolute Gasteiger partial charge is 0.237 e. The molecule has 45 heavy (non-hydrogen) atoms. The summed E-state index contributed by atoms with van der Waals surface area (Å²) in [4.78, 5) is 0. The van der Waals surface area contributed by atoms with Crippen LogP contribution in [0.25, 0.3) is 0 Å². The molecular formula is C43H69N2+. The van der Waals surface area contributed by atoms with Gasteiger partial charge in [-0.3, -0.25) is 0 Å². The first-order valence-electron chi connectivity index (χ1n) is 19.3. The van der Waals surface area contributed by atoms with E-state index in [0.717, 1.165) is 13.0 Å². The Morgan fingerprint density at radius 2 is 1.04 bits per heavy atom. The molecule has 0 aliphatic heterocycles. The van der Waals surface area contributed by atoms with Crippen molar-refractivity contribution in [1.29, 1.82) is 0 Å². The van der Waals surface area contributed by atoms with Crippen LogP contribution in [0.15, 0.2) is 79.4 Å². The summed E-state index contributed by atoms with van der Waals surface area (Å²) in [7, 11) is 0. The highest BCUT2D eigenvalue weighted by atomic mass is 15.1. The van der Waals surface area contributed by atoms with Crippen molar-refractivity contribution in [2.24, 2.45) is 0 Å². The van der Waals surface area contributed by atoms with E-state index in [-0.39, 0.29) is 5.41 Å². The molecule has 2 nitrogen and oxygen atoms in total. The zero-order valence-electron chi connectivity index (χ0n) is 29.7. The molecule has 2 heteroatoms. The van der Waals surface area contributed by atoms with Gasteiger partial charge in [-0.15, -0.1) is 0 Å². The maximum atomic E-state index is 2.55. The number of nitrogens with zero attached hydrogens (tertiary/aromatic N) is 2. The normalized spacial score (nSPS) is 13.6. The minimum absolute atomic E-state index is 0.0150. The summed E-state index contributed by atoms with van der Waals surface area (Å²) in [5, 5.41) is 0. The number of imidazole rings is 1. The predicted octanol–water partition coefficient (Wildman–Crippen LogP) is 12.7. The quantitative estimate of drug-likeness (QED) is 0.0597. The number of aryl methyl sites for hydroxylation is 1. The maximum absolute atomic E-state index is 2.55. The van der Waals surface area contributed by atoms with Crippen LogP contribution < -0.4 is 4.57 Å². The molecule has 0 spiro atoms. The fourth-order valence-corrected chi connectivity index (χ4v) is 7.38. The van der Waals surface area contributed by atoms with Gasteiger partial charge in [0.1, 0.15) is 18.4 Å². The Hall–Kier alpha value is -2.35. The number of benzene rings is 2. The number of rotatable bonds is 27. The molecule has 2 atom stereocenters. The second kappa shape index (κ2) is 23.0. The summed E-state index contributed by atoms with van der Waals surface area (Å²) < 4.78 is 5.01. The molecule has 0 N–H and O–H groups in total. The van der Waals surface area contributed by atoms with Gasteiger partial charge in [-0.1, -0.05) is 191 Å². The number of hydrogen-bond acceptors (Lipinski definition) is 0. The van der Waals surface area contributed by atoms with E-state index in [9.17, 15) is 0 Å². The van der Waals surface area contributed by atoms with E-state index < -0.39 is 0 Å². The van der Waals surface area contributed by atoms with Gasteiger partial charge >= 0.3 is 0 Å². The topological polar surface area (TPSA) is 8.81 Å². The molecular weight excluding hydrogens is 544 g/mol. The monoisotopic (exact) mass is 614 g/mol. The molecule has 0 amide bonds. The van der Waals surface area contributed by atoms with E-state index in [0.29, 0.717) is 6.04 Å². The molecule has 250 valence electrons. The Morgan fingerprint density at radius 3 is 1.58 bits per heavy atom. The molecule has 1 heterocycles. The lowest BCUT2D eigenvalue weighted by Gasteiger charge is -2.37. The SMILES string of the molecule is CCCCCCCCCCCCCCCCCCC[n+]1ccn(C(CCCCC)C(C)(Cc2ccccc2)c2ccccc2)c1. The summed E-state index contributed by atoms with van der Waals surface area (Å²) in [6, 6.07) is 22.8. The van der Waals surface area contributed by atoms with Crippen molar-refractivity contribution < 1.29 is 4.57 Å². The Morgan fingerprint density at radius 1 is 0.578 bits per heavy atom. The van der Waals surface area contributed by atoms with Crippen LogP contribution in [0.2, 0.25) is 0 Å². The van der Waals surface area contributed by atoms with Gasteiger partial charge in [-0.05, 0) is 43.2 Å². The van der Waals surface area contributed by atoms with Gasteiger partial charge in [-0.2, -0.15) is 0 Å². The third-order valence-electron chi connectivity index (χ3n) is 10.3. The van der Waals surface area contributed by atoms with Crippen LogP contribution >= 0.6 is 0 Å². The van der Waals surface area contributed by atoms with Crippen molar-refractivity contribution in [2.45, 2.75) is 180 Å². The van der Waals surface area contributed by atoms with Gasteiger partial charge < -0.3 is 0 Å². The first-order valence-corrected chi connectivity index (χ1v) is 19.3. The highest BCUT2D eigenvalue weighted by Gasteiger charge is 2.40. The maximum Gasteiger partial charge on any atom is 0.244 e. The zero-order valence-corrected chi connectivity index (χ0v) is 29.7. The van der Waals surface area contributed by atoms with Crippen LogP contribution in [-0.4, -0.2) is 4.57 Å². The molecule has 0 bridgehead atoms. The van der Waals surface area contributed by atoms with Crippen molar-refractivity contribution >= 4 is 0 Å². The molecule has 0 aliphatic rings. The lowest BCUT2D eigenvalue weighted by molar-refractivity contribution is -0.697. The van der Waals surface area contributed by atoms with Crippen LogP contribution in [0.5, 0.6) is 0 Å². The Balaban J connectivity index is 1.40. The Kier molecular flexibility index (Phi) is 19.0. The summed E-state index contributed by atoms with van der Waals surface area (Å²) >= 11 is 0. The molecule has 2 unspecified atom stereocenters. The largest absolute Gasteiger partial charge is 0.244 e. The van der Waals surface area contributed by atoms with Crippen molar-refractivity contribution in [3.05, 3.63) is 90.5 Å². The van der Waals surface area contributed by atoms with Crippen LogP contribution in [-0.2, 0) is 18.4 Å². The molecule has 0 fully saturated rings. The average Bonchev–Trinajstić information content (AvgIpc) is 3.53. The molecule has 1 aromatic heterocycles. The van der Waals surface area contributed by atoms with Crippen LogP contribution in [0.1, 0.15) is 173 Å². The van der Waals surface area contributed by atoms with Crippen LogP contribution in [0.4, 0.5) is 0 Å². The van der Waals surface area contributed by atoms with Gasteiger partial charge in [0, 0.05) is 5.41 Å². The molecule has 0 aliphatic carbocycles. The predicted molar refractivity (Wildman–Crippen MR) is 196 cm³/mol. The van der Waals surface area contributed by atoms with E-state index in [4.69, 9.17) is 0 Å². The Labute approximate surface area is 279 Å². The minimum atomic E-state index is 0.0150. The Bertz CT molecular complexity index is 1090. The van der Waals surface area contributed by atoms with E-state index in [1.807, 2.05) is 0 Å². The van der Waals surface area contributed by atoms with Crippen molar-refractivity contribution in [1.82, 2.24) is 4.57 Å². The average molecular weight is 614 g/mol. The van der Waals surface area contributed by atoms with Crippen molar-refractivity contribution in [3.63, 3.8) is 0 Å². The summed E-state index contributed by atoms with van der Waals surface area (Å²) in [5.74, 6) is 0. The van der Waals surface area contributed by atoms with E-state index >= 15 is 0 Å². The summed E-state index contributed by atoms with van der Waals surface area (Å²) in [6.45, 7) is 8.26. The highest BCUT2D eigenvalue weighted by Crippen LogP contribution is 2.41. The van der Waals surface area contributed by atoms with Gasteiger partial charge in [0.2, 0.25) is 6.33 Å². The molecule has 0 radical (unpaired) electrons. The first-order chi connectivity index (χ1) is 22.2. The second-order valence-electron chi connectivity index (χ2n) is 14.2. The molecule has 3 aromatic rings. The number of hydrogen-bond donors (Lipinski definition) is 0. The highest BCUT2D eigenvalue weighted by molar-refractivity contribution is 5.30. The standard InChI is InChI=1S/C43H69N2/c1-4-6-8-9-10-11-12-13-14-15-16-17-18-19-20-21-29-35-44-36-37-45(39-44)42(34-24-7-5-2)43(3,41-32-27-23-28-33-41)38-40-30-25-22-26-31-40/h22-23,25-28,30-33,36-37,39,42H,4-21,24,29,34-35,38H2,1-3H3/q+1. The third-order valence-corrected chi connectivity index (χ3v) is 10.3. The van der Waals surface area contributed by atoms with Crippen LogP contribution in [0, 0.1) is 0 Å². The molecule has 2 aromatic carbocycles. The third kappa shape index (κ3) is 14.3.